The highest BCUT2D eigenvalue weighted by atomic mass is 15.3. The van der Waals surface area contributed by atoms with Crippen molar-refractivity contribution in [2.45, 2.75) is 24.8 Å². The molecular weight excluding hydrogens is 274 g/mol. The summed E-state index contributed by atoms with van der Waals surface area (Å²) < 4.78 is 0. The van der Waals surface area contributed by atoms with Gasteiger partial charge in [0.2, 0.25) is 0 Å². The zero-order chi connectivity index (χ0) is 15.2. The van der Waals surface area contributed by atoms with Crippen LogP contribution in [-0.4, -0.2) is 40.0 Å². The number of aromatic nitrogens is 2. The topological polar surface area (TPSA) is 67.4 Å². The third-order valence-electron chi connectivity index (χ3n) is 4.78. The number of nitrogens with zero attached hydrogens (tertiary/aromatic N) is 4. The maximum absolute atomic E-state index is 5.98. The van der Waals surface area contributed by atoms with Crippen LogP contribution < -0.4 is 5.73 Å². The molecule has 4 rings (SSSR count). The molecule has 1 atom stereocenters. The van der Waals surface area contributed by atoms with E-state index in [0.29, 0.717) is 5.96 Å². The van der Waals surface area contributed by atoms with Gasteiger partial charge < -0.3 is 10.6 Å². The summed E-state index contributed by atoms with van der Waals surface area (Å²) in [5.41, 5.74) is 11.1. The van der Waals surface area contributed by atoms with Crippen LogP contribution in [0.2, 0.25) is 0 Å². The smallest absolute Gasteiger partial charge is 0.191 e. The van der Waals surface area contributed by atoms with E-state index in [1.165, 1.54) is 16.7 Å². The molecule has 112 valence electrons. The minimum atomic E-state index is -0.0440. The van der Waals surface area contributed by atoms with Crippen molar-refractivity contribution in [2.24, 2.45) is 10.7 Å². The lowest BCUT2D eigenvalue weighted by Gasteiger charge is -2.33. The monoisotopic (exact) mass is 293 g/mol. The number of rotatable bonds is 1. The predicted octanol–water partition coefficient (Wildman–Crippen LogP) is 1.63. The number of guanidine groups is 1. The number of benzene rings is 1. The van der Waals surface area contributed by atoms with Crippen LogP contribution in [0.3, 0.4) is 0 Å². The first-order valence-electron chi connectivity index (χ1n) is 7.59. The van der Waals surface area contributed by atoms with Gasteiger partial charge in [0.05, 0.1) is 5.54 Å². The molecule has 2 aromatic rings. The second kappa shape index (κ2) is 4.80. The second-order valence-electron chi connectivity index (χ2n) is 6.30. The van der Waals surface area contributed by atoms with E-state index in [-0.39, 0.29) is 5.54 Å². The molecule has 1 aliphatic carbocycles. The molecular formula is C17H19N5. The van der Waals surface area contributed by atoms with Crippen LogP contribution in [0.15, 0.2) is 41.9 Å². The molecule has 2 aliphatic rings. The Labute approximate surface area is 129 Å². The zero-order valence-corrected chi connectivity index (χ0v) is 12.7. The highest BCUT2D eigenvalue weighted by Gasteiger charge is 2.40. The molecule has 1 spiro atoms. The lowest BCUT2D eigenvalue weighted by molar-refractivity contribution is 0.335. The van der Waals surface area contributed by atoms with Gasteiger partial charge in [0, 0.05) is 31.5 Å². The molecule has 2 N–H and O–H groups in total. The maximum atomic E-state index is 5.98. The Morgan fingerprint density at radius 2 is 2.05 bits per heavy atom. The van der Waals surface area contributed by atoms with Crippen molar-refractivity contribution in [3.05, 3.63) is 48.0 Å². The summed E-state index contributed by atoms with van der Waals surface area (Å²) in [6.45, 7) is 0.914. The number of hydrogen-bond donors (Lipinski definition) is 1. The summed E-state index contributed by atoms with van der Waals surface area (Å²) in [7, 11) is 2.01. The van der Waals surface area contributed by atoms with Gasteiger partial charge in [-0.2, -0.15) is 0 Å². The Morgan fingerprint density at radius 1 is 1.23 bits per heavy atom. The third-order valence-corrected chi connectivity index (χ3v) is 4.78. The molecule has 22 heavy (non-hydrogen) atoms. The van der Waals surface area contributed by atoms with Gasteiger partial charge >= 0.3 is 0 Å². The third kappa shape index (κ3) is 2.04. The van der Waals surface area contributed by atoms with Gasteiger partial charge in [-0.05, 0) is 36.0 Å². The molecule has 1 aliphatic heterocycles. The van der Waals surface area contributed by atoms with E-state index in [9.17, 15) is 0 Å². The van der Waals surface area contributed by atoms with Crippen molar-refractivity contribution >= 4 is 5.96 Å². The van der Waals surface area contributed by atoms with E-state index in [4.69, 9.17) is 10.7 Å². The van der Waals surface area contributed by atoms with Crippen molar-refractivity contribution in [2.75, 3.05) is 13.6 Å². The van der Waals surface area contributed by atoms with Crippen molar-refractivity contribution in [3.63, 3.8) is 0 Å². The molecule has 0 amide bonds. The normalized spacial score (nSPS) is 23.5. The molecule has 1 aromatic heterocycles. The lowest BCUT2D eigenvalue weighted by atomic mass is 9.76. The molecule has 5 heteroatoms. The molecule has 0 radical (unpaired) electrons. The van der Waals surface area contributed by atoms with Crippen molar-refractivity contribution in [1.29, 1.82) is 0 Å². The molecule has 1 unspecified atom stereocenters. The van der Waals surface area contributed by atoms with Gasteiger partial charge in [-0.25, -0.2) is 15.0 Å². The quantitative estimate of drug-likeness (QED) is 0.868. The van der Waals surface area contributed by atoms with Crippen molar-refractivity contribution in [3.8, 4) is 11.1 Å². The Kier molecular flexibility index (Phi) is 2.89. The predicted molar refractivity (Wildman–Crippen MR) is 86.5 cm³/mol. The summed E-state index contributed by atoms with van der Waals surface area (Å²) in [6.07, 6.45) is 8.34. The minimum Gasteiger partial charge on any atom is -0.370 e. The fourth-order valence-corrected chi connectivity index (χ4v) is 3.72. The minimum absolute atomic E-state index is 0.0440. The summed E-state index contributed by atoms with van der Waals surface area (Å²) in [4.78, 5) is 15.1. The SMILES string of the molecule is CN1CC2(CCc3c(cccc3-c3cncnc3)C2)N=C1N. The highest BCUT2D eigenvalue weighted by Crippen LogP contribution is 2.38. The van der Waals surface area contributed by atoms with Crippen LogP contribution in [0.1, 0.15) is 17.5 Å². The Balaban J connectivity index is 1.74. The van der Waals surface area contributed by atoms with Gasteiger partial charge in [-0.3, -0.25) is 0 Å². The van der Waals surface area contributed by atoms with E-state index in [0.717, 1.165) is 31.4 Å². The van der Waals surface area contributed by atoms with Crippen LogP contribution in [0.4, 0.5) is 0 Å². The average molecular weight is 293 g/mol. The highest BCUT2D eigenvalue weighted by molar-refractivity contribution is 5.80. The Bertz CT molecular complexity index is 740. The molecule has 0 bridgehead atoms. The van der Waals surface area contributed by atoms with E-state index < -0.39 is 0 Å². The fraction of sp³-hybridized carbons (Fsp3) is 0.353. The van der Waals surface area contributed by atoms with Gasteiger partial charge in [-0.15, -0.1) is 0 Å². The summed E-state index contributed by atoms with van der Waals surface area (Å²) >= 11 is 0. The lowest BCUT2D eigenvalue weighted by Crippen LogP contribution is -2.39. The number of likely N-dealkylation sites (N-methyl/N-ethyl adjacent to an activating group) is 1. The fourth-order valence-electron chi connectivity index (χ4n) is 3.72. The van der Waals surface area contributed by atoms with E-state index in [1.54, 1.807) is 6.33 Å². The summed E-state index contributed by atoms with van der Waals surface area (Å²) in [5, 5.41) is 0. The zero-order valence-electron chi connectivity index (χ0n) is 12.7. The molecule has 0 fully saturated rings. The van der Waals surface area contributed by atoms with Gasteiger partial charge in [0.1, 0.15) is 6.33 Å². The average Bonchev–Trinajstić information content (AvgIpc) is 2.81. The van der Waals surface area contributed by atoms with Gasteiger partial charge in [0.25, 0.3) is 0 Å². The molecule has 5 nitrogen and oxygen atoms in total. The van der Waals surface area contributed by atoms with Crippen LogP contribution in [0, 0.1) is 0 Å². The van der Waals surface area contributed by atoms with Crippen molar-refractivity contribution < 1.29 is 0 Å². The van der Waals surface area contributed by atoms with Crippen LogP contribution in [0.5, 0.6) is 0 Å². The number of hydrogen-bond acceptors (Lipinski definition) is 5. The molecule has 2 heterocycles. The van der Waals surface area contributed by atoms with Crippen LogP contribution in [0.25, 0.3) is 11.1 Å². The van der Waals surface area contributed by atoms with Crippen molar-refractivity contribution in [1.82, 2.24) is 14.9 Å². The molecule has 1 aromatic carbocycles. The summed E-state index contributed by atoms with van der Waals surface area (Å²) in [5.74, 6) is 0.663. The van der Waals surface area contributed by atoms with Crippen LogP contribution >= 0.6 is 0 Å². The number of nitrogens with two attached hydrogens (primary N) is 1. The largest absolute Gasteiger partial charge is 0.370 e. The van der Waals surface area contributed by atoms with E-state index in [2.05, 4.69) is 33.1 Å². The Morgan fingerprint density at radius 3 is 2.77 bits per heavy atom. The Hall–Kier alpha value is -2.43. The van der Waals surface area contributed by atoms with Gasteiger partial charge in [-0.1, -0.05) is 18.2 Å². The maximum Gasteiger partial charge on any atom is 0.191 e. The first kappa shape index (κ1) is 13.2. The first-order chi connectivity index (χ1) is 10.7. The number of fused-ring (bicyclic) bond motifs is 1. The second-order valence-corrected chi connectivity index (χ2v) is 6.30. The van der Waals surface area contributed by atoms with Gasteiger partial charge in [0.15, 0.2) is 5.96 Å². The summed E-state index contributed by atoms with van der Waals surface area (Å²) in [6, 6.07) is 6.49. The number of aliphatic imine (C=N–C) groups is 1. The van der Waals surface area contributed by atoms with Crippen LogP contribution in [-0.2, 0) is 12.8 Å². The standard InChI is InChI=1S/C17H19N5/c1-22-10-17(21-16(22)18)6-5-15-12(7-17)3-2-4-14(15)13-8-19-11-20-9-13/h2-4,8-9,11H,5-7,10H2,1H3,(H2,18,21). The van der Waals surface area contributed by atoms with E-state index >= 15 is 0 Å². The first-order valence-corrected chi connectivity index (χ1v) is 7.59. The van der Waals surface area contributed by atoms with E-state index in [1.807, 2.05) is 19.4 Å². The molecule has 0 saturated carbocycles. The molecule has 0 saturated heterocycles.